The van der Waals surface area contributed by atoms with E-state index in [1.54, 1.807) is 6.20 Å². The Hall–Kier alpha value is -1.13. The van der Waals surface area contributed by atoms with Gasteiger partial charge in [-0.3, -0.25) is 0 Å². The fourth-order valence-corrected chi connectivity index (χ4v) is 1.36. The van der Waals surface area contributed by atoms with Crippen molar-refractivity contribution in [2.75, 3.05) is 18.9 Å². The Morgan fingerprint density at radius 3 is 3.00 bits per heavy atom. The smallest absolute Gasteiger partial charge is 0.123 e. The van der Waals surface area contributed by atoms with Crippen molar-refractivity contribution in [1.82, 2.24) is 4.98 Å². The van der Waals surface area contributed by atoms with Crippen LogP contribution in [0.4, 0.5) is 5.82 Å². The van der Waals surface area contributed by atoms with Crippen molar-refractivity contribution in [1.29, 1.82) is 0 Å². The normalized spacial score (nSPS) is 12.7. The average molecular weight is 209 g/mol. The van der Waals surface area contributed by atoms with Gasteiger partial charge in [-0.2, -0.15) is 0 Å². The first-order valence-electron chi connectivity index (χ1n) is 5.26. The molecule has 0 saturated heterocycles. The summed E-state index contributed by atoms with van der Waals surface area (Å²) < 4.78 is 5.38. The highest BCUT2D eigenvalue weighted by Crippen LogP contribution is 2.05. The van der Waals surface area contributed by atoms with E-state index in [2.05, 4.69) is 11.9 Å². The monoisotopic (exact) mass is 209 g/mol. The number of ether oxygens (including phenoxy) is 1. The third kappa shape index (κ3) is 4.76. The summed E-state index contributed by atoms with van der Waals surface area (Å²) in [7, 11) is 0. The number of hydrogen-bond acceptors (Lipinski definition) is 4. The molecule has 0 saturated carbocycles. The van der Waals surface area contributed by atoms with Crippen LogP contribution in [-0.4, -0.2) is 24.2 Å². The van der Waals surface area contributed by atoms with E-state index in [0.29, 0.717) is 12.4 Å². The van der Waals surface area contributed by atoms with Crippen LogP contribution in [0.15, 0.2) is 18.3 Å². The molecule has 0 aliphatic carbocycles. The zero-order valence-corrected chi connectivity index (χ0v) is 9.15. The van der Waals surface area contributed by atoms with Gasteiger partial charge in [0.1, 0.15) is 5.82 Å². The Labute approximate surface area is 90.6 Å². The molecule has 84 valence electrons. The quantitative estimate of drug-likeness (QED) is 0.684. The fourth-order valence-electron chi connectivity index (χ4n) is 1.36. The molecule has 4 nitrogen and oxygen atoms in total. The Kier molecular flexibility index (Phi) is 5.07. The largest absolute Gasteiger partial charge is 0.384 e. The lowest BCUT2D eigenvalue weighted by Gasteiger charge is -2.11. The summed E-state index contributed by atoms with van der Waals surface area (Å²) in [6, 6.07) is 3.80. The van der Waals surface area contributed by atoms with Crippen molar-refractivity contribution in [3.05, 3.63) is 23.9 Å². The summed E-state index contributed by atoms with van der Waals surface area (Å²) >= 11 is 0. The Balaban J connectivity index is 2.34. The molecule has 0 aromatic carbocycles. The number of nitrogens with zero attached hydrogens (tertiary/aromatic N) is 1. The zero-order valence-electron chi connectivity index (χ0n) is 9.15. The van der Waals surface area contributed by atoms with Crippen LogP contribution in [0.1, 0.15) is 18.9 Å². The minimum absolute atomic E-state index is 0.0262. The maximum Gasteiger partial charge on any atom is 0.123 e. The van der Waals surface area contributed by atoms with E-state index in [1.165, 1.54) is 0 Å². The van der Waals surface area contributed by atoms with Crippen molar-refractivity contribution in [2.45, 2.75) is 25.8 Å². The minimum atomic E-state index is 0.0262. The summed E-state index contributed by atoms with van der Waals surface area (Å²) in [4.78, 5) is 3.93. The Morgan fingerprint density at radius 2 is 2.33 bits per heavy atom. The molecule has 0 radical (unpaired) electrons. The second-order valence-electron chi connectivity index (χ2n) is 3.63. The first-order chi connectivity index (χ1) is 7.22. The second-order valence-corrected chi connectivity index (χ2v) is 3.63. The van der Waals surface area contributed by atoms with Crippen LogP contribution in [0, 0.1) is 0 Å². The molecule has 1 atom stereocenters. The van der Waals surface area contributed by atoms with E-state index in [0.717, 1.165) is 25.0 Å². The Bertz CT molecular complexity index is 291. The van der Waals surface area contributed by atoms with Gasteiger partial charge in [-0.05, 0) is 30.5 Å². The van der Waals surface area contributed by atoms with Crippen LogP contribution in [0.3, 0.4) is 0 Å². The second kappa shape index (κ2) is 6.37. The molecule has 4 heteroatoms. The highest BCUT2D eigenvalue weighted by molar-refractivity contribution is 5.32. The molecule has 1 heterocycles. The van der Waals surface area contributed by atoms with Gasteiger partial charge in [0.15, 0.2) is 0 Å². The van der Waals surface area contributed by atoms with E-state index in [9.17, 15) is 0 Å². The maximum absolute atomic E-state index is 5.91. The average Bonchev–Trinajstić information content (AvgIpc) is 2.18. The van der Waals surface area contributed by atoms with Crippen molar-refractivity contribution in [3.8, 4) is 0 Å². The lowest BCUT2D eigenvalue weighted by atomic mass is 10.1. The molecular weight excluding hydrogens is 190 g/mol. The van der Waals surface area contributed by atoms with Crippen molar-refractivity contribution in [3.63, 3.8) is 0 Å². The van der Waals surface area contributed by atoms with Crippen LogP contribution < -0.4 is 11.5 Å². The van der Waals surface area contributed by atoms with E-state index in [4.69, 9.17) is 16.2 Å². The number of aromatic nitrogens is 1. The van der Waals surface area contributed by atoms with E-state index >= 15 is 0 Å². The molecule has 0 spiro atoms. The molecule has 15 heavy (non-hydrogen) atoms. The van der Waals surface area contributed by atoms with Gasteiger partial charge in [0.05, 0.1) is 6.61 Å². The van der Waals surface area contributed by atoms with Crippen LogP contribution >= 0.6 is 0 Å². The van der Waals surface area contributed by atoms with Gasteiger partial charge in [-0.1, -0.05) is 6.92 Å². The highest BCUT2D eigenvalue weighted by Gasteiger charge is 2.04. The van der Waals surface area contributed by atoms with Gasteiger partial charge in [-0.25, -0.2) is 4.98 Å². The number of nitrogen functional groups attached to an aromatic ring is 1. The summed E-state index contributed by atoms with van der Waals surface area (Å²) in [6.07, 6.45) is 3.50. The maximum atomic E-state index is 5.91. The van der Waals surface area contributed by atoms with Gasteiger partial charge in [0.25, 0.3) is 0 Å². The first kappa shape index (κ1) is 11.9. The molecule has 1 rings (SSSR count). The lowest BCUT2D eigenvalue weighted by molar-refractivity contribution is 0.121. The van der Waals surface area contributed by atoms with Gasteiger partial charge < -0.3 is 16.2 Å². The Morgan fingerprint density at radius 1 is 1.53 bits per heavy atom. The number of rotatable bonds is 6. The minimum Gasteiger partial charge on any atom is -0.384 e. The van der Waals surface area contributed by atoms with Crippen molar-refractivity contribution in [2.24, 2.45) is 5.73 Å². The van der Waals surface area contributed by atoms with Gasteiger partial charge in [-0.15, -0.1) is 0 Å². The topological polar surface area (TPSA) is 74.2 Å². The molecule has 1 aromatic heterocycles. The van der Waals surface area contributed by atoms with Gasteiger partial charge in [0.2, 0.25) is 0 Å². The molecule has 4 N–H and O–H groups in total. The van der Waals surface area contributed by atoms with E-state index in [1.807, 2.05) is 12.1 Å². The number of nitrogens with two attached hydrogens (primary N) is 2. The SMILES string of the molecule is CCCOCC(N)Cc1ccnc(N)c1. The standard InChI is InChI=1S/C11H19N3O/c1-2-5-15-8-10(12)6-9-3-4-14-11(13)7-9/h3-4,7,10H,2,5-6,8,12H2,1H3,(H2,13,14). The van der Waals surface area contributed by atoms with Gasteiger partial charge >= 0.3 is 0 Å². The van der Waals surface area contributed by atoms with E-state index < -0.39 is 0 Å². The number of anilines is 1. The highest BCUT2D eigenvalue weighted by atomic mass is 16.5. The number of pyridine rings is 1. The summed E-state index contributed by atoms with van der Waals surface area (Å²) in [6.45, 7) is 3.44. The molecule has 0 fully saturated rings. The van der Waals surface area contributed by atoms with Crippen molar-refractivity contribution >= 4 is 5.82 Å². The van der Waals surface area contributed by atoms with Crippen LogP contribution in [-0.2, 0) is 11.2 Å². The summed E-state index contributed by atoms with van der Waals surface area (Å²) in [5, 5.41) is 0. The molecule has 0 amide bonds. The third-order valence-electron chi connectivity index (χ3n) is 2.02. The molecule has 0 bridgehead atoms. The fraction of sp³-hybridized carbons (Fsp3) is 0.545. The summed E-state index contributed by atoms with van der Waals surface area (Å²) in [5.74, 6) is 0.536. The molecule has 1 aromatic rings. The first-order valence-corrected chi connectivity index (χ1v) is 5.26. The predicted molar refractivity (Wildman–Crippen MR) is 61.4 cm³/mol. The predicted octanol–water partition coefficient (Wildman–Crippen LogP) is 0.960. The lowest BCUT2D eigenvalue weighted by Crippen LogP contribution is -2.28. The van der Waals surface area contributed by atoms with Gasteiger partial charge in [0, 0.05) is 18.8 Å². The van der Waals surface area contributed by atoms with Crippen LogP contribution in [0.2, 0.25) is 0 Å². The van der Waals surface area contributed by atoms with Crippen LogP contribution in [0.5, 0.6) is 0 Å². The molecule has 0 aliphatic heterocycles. The van der Waals surface area contributed by atoms with Crippen molar-refractivity contribution < 1.29 is 4.74 Å². The molecular formula is C11H19N3O. The summed E-state index contributed by atoms with van der Waals surface area (Å²) in [5.41, 5.74) is 12.6. The molecule has 1 unspecified atom stereocenters. The van der Waals surface area contributed by atoms with E-state index in [-0.39, 0.29) is 6.04 Å². The van der Waals surface area contributed by atoms with Crippen LogP contribution in [0.25, 0.3) is 0 Å². The molecule has 0 aliphatic rings. The number of hydrogen-bond donors (Lipinski definition) is 2. The zero-order chi connectivity index (χ0) is 11.1. The third-order valence-corrected chi connectivity index (χ3v) is 2.02.